The van der Waals surface area contributed by atoms with Crippen LogP contribution in [0.3, 0.4) is 0 Å². The number of carbonyl (C=O) groups excluding carboxylic acids is 2. The van der Waals surface area contributed by atoms with E-state index in [1.165, 1.54) is 36.4 Å². The van der Waals surface area contributed by atoms with Crippen molar-refractivity contribution in [2.24, 2.45) is 11.7 Å². The number of amides is 2. The number of aromatic nitrogens is 1. The highest BCUT2D eigenvalue weighted by Gasteiger charge is 2.38. The Morgan fingerprint density at radius 2 is 1.92 bits per heavy atom. The summed E-state index contributed by atoms with van der Waals surface area (Å²) in [7, 11) is -2.58. The van der Waals surface area contributed by atoms with E-state index in [0.29, 0.717) is 18.8 Å². The number of nitrogens with two attached hydrogens (primary N) is 1. The lowest BCUT2D eigenvalue weighted by molar-refractivity contribution is -0.131. The number of benzene rings is 1. The normalized spacial score (nSPS) is 21.7. The minimum atomic E-state index is -4.02. The topological polar surface area (TPSA) is 147 Å². The molecule has 13 heteroatoms. The molecule has 2 aliphatic carbocycles. The monoisotopic (exact) mass is 546 g/mol. The third-order valence-corrected chi connectivity index (χ3v) is 7.99. The third-order valence-electron chi connectivity index (χ3n) is 6.89. The first-order chi connectivity index (χ1) is 18.0. The van der Waals surface area contributed by atoms with E-state index in [2.05, 4.69) is 19.7 Å². The Bertz CT molecular complexity index is 1420. The Kier molecular flexibility index (Phi) is 6.82. The molecule has 2 atom stereocenters. The number of hydrogen-bond acceptors (Lipinski definition) is 6. The molecule has 10 nitrogen and oxygen atoms in total. The van der Waals surface area contributed by atoms with Gasteiger partial charge in [0.05, 0.1) is 11.6 Å². The first-order valence-corrected chi connectivity index (χ1v) is 13.8. The molecule has 1 aromatic carbocycles. The molecule has 2 saturated carbocycles. The molecule has 0 spiro atoms. The number of hydrogen-bond donors (Lipinski definition) is 4. The second-order valence-corrected chi connectivity index (χ2v) is 11.4. The molecule has 5 N–H and O–H groups in total. The molecule has 202 valence electrons. The van der Waals surface area contributed by atoms with Crippen LogP contribution in [0.2, 0.25) is 0 Å². The van der Waals surface area contributed by atoms with Gasteiger partial charge in [-0.15, -0.1) is 0 Å². The molecule has 38 heavy (non-hydrogen) atoms. The summed E-state index contributed by atoms with van der Waals surface area (Å²) in [6.07, 6.45) is 4.79. The van der Waals surface area contributed by atoms with E-state index in [-0.39, 0.29) is 29.3 Å². The standard InChI is InChI=1S/C25H28F2N6O4S/c1-33-24(30-20-7-4-14(12-19(20)26)13-2-3-13)18(22(28)34)11-16(25(33)35)10-15-8-9-29-23(21(15)27)32-38(36,37)31-17-5-6-17/h4,7-9,11-13,17-18,24,30-31H,2-3,5-6,10H2,1H3,(H2,28,34)(H,29,32). The minimum absolute atomic E-state index is 0.00605. The summed E-state index contributed by atoms with van der Waals surface area (Å²) in [4.78, 5) is 30.5. The van der Waals surface area contributed by atoms with Crippen LogP contribution in [-0.2, 0) is 26.2 Å². The van der Waals surface area contributed by atoms with E-state index in [4.69, 9.17) is 5.73 Å². The zero-order valence-corrected chi connectivity index (χ0v) is 21.4. The zero-order valence-electron chi connectivity index (χ0n) is 20.6. The van der Waals surface area contributed by atoms with Crippen LogP contribution >= 0.6 is 0 Å². The Morgan fingerprint density at radius 3 is 2.55 bits per heavy atom. The summed E-state index contributed by atoms with van der Waals surface area (Å²) >= 11 is 0. The highest BCUT2D eigenvalue weighted by atomic mass is 32.2. The fourth-order valence-corrected chi connectivity index (χ4v) is 5.61. The van der Waals surface area contributed by atoms with Gasteiger partial charge < -0.3 is 16.0 Å². The molecule has 0 saturated heterocycles. The zero-order chi connectivity index (χ0) is 27.2. The Labute approximate surface area is 218 Å². The predicted octanol–water partition coefficient (Wildman–Crippen LogP) is 2.13. The number of pyridine rings is 1. The minimum Gasteiger partial charge on any atom is -0.369 e. The van der Waals surface area contributed by atoms with Crippen molar-refractivity contribution >= 4 is 33.5 Å². The van der Waals surface area contributed by atoms with Gasteiger partial charge in [0.15, 0.2) is 11.6 Å². The van der Waals surface area contributed by atoms with Crippen LogP contribution in [0.25, 0.3) is 0 Å². The van der Waals surface area contributed by atoms with Gasteiger partial charge in [-0.05, 0) is 60.9 Å². The maximum absolute atomic E-state index is 15.2. The molecule has 2 amide bonds. The number of nitrogens with one attached hydrogen (secondary N) is 3. The van der Waals surface area contributed by atoms with E-state index in [1.54, 1.807) is 6.07 Å². The molecule has 1 aliphatic heterocycles. The van der Waals surface area contributed by atoms with Crippen molar-refractivity contribution in [2.75, 3.05) is 17.1 Å². The van der Waals surface area contributed by atoms with Gasteiger partial charge >= 0.3 is 10.2 Å². The van der Waals surface area contributed by atoms with Crippen LogP contribution in [0.15, 0.2) is 42.1 Å². The van der Waals surface area contributed by atoms with E-state index < -0.39 is 51.6 Å². The van der Waals surface area contributed by atoms with Crippen molar-refractivity contribution in [2.45, 2.75) is 50.2 Å². The lowest BCUT2D eigenvalue weighted by Crippen LogP contribution is -2.53. The summed E-state index contributed by atoms with van der Waals surface area (Å²) in [5.41, 5.74) is 6.73. The summed E-state index contributed by atoms with van der Waals surface area (Å²) in [6, 6.07) is 5.97. The molecule has 2 fully saturated rings. The van der Waals surface area contributed by atoms with Crippen molar-refractivity contribution in [3.8, 4) is 0 Å². The average Bonchev–Trinajstić information content (AvgIpc) is 3.77. The van der Waals surface area contributed by atoms with Crippen LogP contribution in [0.4, 0.5) is 20.3 Å². The molecule has 3 aliphatic rings. The van der Waals surface area contributed by atoms with Gasteiger partial charge in [0.25, 0.3) is 5.91 Å². The molecule has 2 heterocycles. The van der Waals surface area contributed by atoms with Crippen LogP contribution in [0.5, 0.6) is 0 Å². The van der Waals surface area contributed by atoms with E-state index >= 15 is 4.39 Å². The SMILES string of the molecule is CN1C(=O)C(Cc2ccnc(NS(=O)(=O)NC3CC3)c2F)=CC(C(N)=O)C1Nc1ccc(C2CC2)cc1F. The number of carbonyl (C=O) groups is 2. The maximum Gasteiger partial charge on any atom is 0.300 e. The number of nitrogens with zero attached hydrogens (tertiary/aromatic N) is 2. The number of anilines is 2. The van der Waals surface area contributed by atoms with Crippen LogP contribution in [0.1, 0.15) is 42.7 Å². The molecule has 2 aromatic rings. The van der Waals surface area contributed by atoms with Crippen molar-refractivity contribution in [3.63, 3.8) is 0 Å². The second-order valence-electron chi connectivity index (χ2n) is 9.95. The van der Waals surface area contributed by atoms with Gasteiger partial charge in [-0.25, -0.2) is 13.8 Å². The Balaban J connectivity index is 1.37. The fraction of sp³-hybridized carbons (Fsp3) is 0.400. The smallest absolute Gasteiger partial charge is 0.300 e. The molecule has 2 unspecified atom stereocenters. The summed E-state index contributed by atoms with van der Waals surface area (Å²) < 4.78 is 58.8. The number of primary amides is 1. The average molecular weight is 547 g/mol. The Hall–Kier alpha value is -3.58. The molecule has 5 rings (SSSR count). The van der Waals surface area contributed by atoms with Crippen molar-refractivity contribution in [3.05, 3.63) is 64.9 Å². The van der Waals surface area contributed by atoms with Crippen molar-refractivity contribution in [1.29, 1.82) is 0 Å². The van der Waals surface area contributed by atoms with Crippen molar-refractivity contribution < 1.29 is 26.8 Å². The molecule has 0 radical (unpaired) electrons. The van der Waals surface area contributed by atoms with E-state index in [1.807, 2.05) is 6.07 Å². The van der Waals surface area contributed by atoms with Crippen LogP contribution in [0, 0.1) is 17.6 Å². The molecular formula is C25H28F2N6O4S. The summed E-state index contributed by atoms with van der Waals surface area (Å²) in [6.45, 7) is 0. The number of likely N-dealkylation sites (N-methyl/N-ethyl adjacent to an activating group) is 1. The predicted molar refractivity (Wildman–Crippen MR) is 136 cm³/mol. The Morgan fingerprint density at radius 1 is 1.18 bits per heavy atom. The third kappa shape index (κ3) is 5.63. The van der Waals surface area contributed by atoms with Gasteiger partial charge in [0.1, 0.15) is 12.0 Å². The number of halogens is 2. The molecule has 0 bridgehead atoms. The molecule has 1 aromatic heterocycles. The highest BCUT2D eigenvalue weighted by molar-refractivity contribution is 7.90. The second kappa shape index (κ2) is 9.95. The maximum atomic E-state index is 15.2. The lowest BCUT2D eigenvalue weighted by atomic mass is 9.91. The fourth-order valence-electron chi connectivity index (χ4n) is 4.48. The van der Waals surface area contributed by atoms with E-state index in [0.717, 1.165) is 18.4 Å². The van der Waals surface area contributed by atoms with Gasteiger partial charge in [-0.1, -0.05) is 12.1 Å². The largest absolute Gasteiger partial charge is 0.369 e. The summed E-state index contributed by atoms with van der Waals surface area (Å²) in [5, 5.41) is 2.92. The van der Waals surface area contributed by atoms with E-state index in [9.17, 15) is 22.4 Å². The van der Waals surface area contributed by atoms with Gasteiger partial charge in [0, 0.05) is 31.3 Å². The quantitative estimate of drug-likeness (QED) is 0.359. The van der Waals surface area contributed by atoms with Crippen LogP contribution < -0.4 is 20.5 Å². The lowest BCUT2D eigenvalue weighted by Gasteiger charge is -2.37. The summed E-state index contributed by atoms with van der Waals surface area (Å²) in [5.74, 6) is -3.92. The molecular weight excluding hydrogens is 518 g/mol. The number of rotatable bonds is 10. The van der Waals surface area contributed by atoms with Gasteiger partial charge in [-0.3, -0.25) is 14.3 Å². The van der Waals surface area contributed by atoms with Gasteiger partial charge in [-0.2, -0.15) is 13.1 Å². The van der Waals surface area contributed by atoms with Crippen LogP contribution in [-0.4, -0.2) is 49.4 Å². The first-order valence-electron chi connectivity index (χ1n) is 12.3. The first kappa shape index (κ1) is 26.0. The van der Waals surface area contributed by atoms with Gasteiger partial charge in [0.2, 0.25) is 5.91 Å². The highest BCUT2D eigenvalue weighted by Crippen LogP contribution is 2.41. The van der Waals surface area contributed by atoms with Crippen molar-refractivity contribution in [1.82, 2.24) is 14.6 Å².